The van der Waals surface area contributed by atoms with Crippen molar-refractivity contribution in [2.45, 2.75) is 45.6 Å². The molecule has 1 unspecified atom stereocenters. The van der Waals surface area contributed by atoms with E-state index in [0.717, 1.165) is 36.4 Å². The van der Waals surface area contributed by atoms with Crippen LogP contribution >= 0.6 is 0 Å². The second-order valence-electron chi connectivity index (χ2n) is 7.80. The van der Waals surface area contributed by atoms with Crippen LogP contribution in [0.25, 0.3) is 5.65 Å². The Morgan fingerprint density at radius 1 is 1.44 bits per heavy atom. The van der Waals surface area contributed by atoms with Crippen LogP contribution < -0.4 is 10.1 Å². The van der Waals surface area contributed by atoms with Gasteiger partial charge in [-0.2, -0.15) is 10.4 Å². The van der Waals surface area contributed by atoms with Crippen molar-refractivity contribution in [3.63, 3.8) is 0 Å². The number of aryl methyl sites for hydroxylation is 2. The van der Waals surface area contributed by atoms with E-state index in [9.17, 15) is 14.4 Å². The smallest absolute Gasteiger partial charge is 0.224 e. The first-order valence-corrected chi connectivity index (χ1v) is 10.5. The fourth-order valence-electron chi connectivity index (χ4n) is 3.89. The summed E-state index contributed by atoms with van der Waals surface area (Å²) in [5.41, 5.74) is 3.65. The topological polar surface area (TPSA) is 102 Å². The molecule has 0 bridgehead atoms. The Labute approximate surface area is 185 Å². The number of aromatic nitrogens is 3. The van der Waals surface area contributed by atoms with Crippen LogP contribution in [0.2, 0.25) is 0 Å². The molecule has 0 saturated carbocycles. The van der Waals surface area contributed by atoms with Gasteiger partial charge in [0.05, 0.1) is 18.0 Å². The summed E-state index contributed by atoms with van der Waals surface area (Å²) in [6, 6.07) is 6.14. The van der Waals surface area contributed by atoms with E-state index >= 15 is 0 Å². The molecule has 1 atom stereocenters. The molecule has 1 amide bonds. The number of rotatable bonds is 7. The lowest BCUT2D eigenvalue weighted by Crippen LogP contribution is -2.18. The second-order valence-corrected chi connectivity index (χ2v) is 7.80. The van der Waals surface area contributed by atoms with Crippen molar-refractivity contribution in [3.05, 3.63) is 52.7 Å². The molecule has 1 aliphatic rings. The first kappa shape index (κ1) is 21.7. The number of halogens is 1. The van der Waals surface area contributed by atoms with Gasteiger partial charge in [0, 0.05) is 30.5 Å². The fraction of sp³-hybridized carbons (Fsp3) is 0.391. The quantitative estimate of drug-likeness (QED) is 0.607. The number of nitrogens with zero attached hydrogens (tertiary/aromatic N) is 4. The lowest BCUT2D eigenvalue weighted by atomic mass is 10.1. The number of nitriles is 1. The number of hydrogen-bond acceptors (Lipinski definition) is 6. The van der Waals surface area contributed by atoms with Gasteiger partial charge in [0.1, 0.15) is 29.8 Å². The van der Waals surface area contributed by atoms with Crippen molar-refractivity contribution < 1.29 is 18.7 Å². The minimum atomic E-state index is -0.460. The molecule has 1 fully saturated rings. The Morgan fingerprint density at radius 3 is 3.03 bits per heavy atom. The van der Waals surface area contributed by atoms with Crippen LogP contribution in [0.5, 0.6) is 5.75 Å². The van der Waals surface area contributed by atoms with Gasteiger partial charge in [-0.25, -0.2) is 13.9 Å². The summed E-state index contributed by atoms with van der Waals surface area (Å²) in [5, 5.41) is 16.2. The predicted molar refractivity (Wildman–Crippen MR) is 115 cm³/mol. The van der Waals surface area contributed by atoms with Crippen molar-refractivity contribution in [2.24, 2.45) is 0 Å². The molecular weight excluding hydrogens is 413 g/mol. The maximum Gasteiger partial charge on any atom is 0.224 e. The molecular formula is C23H24FN5O3. The van der Waals surface area contributed by atoms with E-state index in [1.807, 2.05) is 13.8 Å². The molecule has 166 valence electrons. The summed E-state index contributed by atoms with van der Waals surface area (Å²) in [7, 11) is 0. The molecule has 0 spiro atoms. The number of carbonyl (C=O) groups excluding carboxylic acids is 1. The highest BCUT2D eigenvalue weighted by molar-refractivity contribution is 5.92. The van der Waals surface area contributed by atoms with Crippen molar-refractivity contribution in [3.8, 4) is 11.8 Å². The highest BCUT2D eigenvalue weighted by Gasteiger charge is 2.18. The van der Waals surface area contributed by atoms with Gasteiger partial charge in [0.25, 0.3) is 0 Å². The Morgan fingerprint density at radius 2 is 2.28 bits per heavy atom. The first-order chi connectivity index (χ1) is 15.5. The van der Waals surface area contributed by atoms with Crippen LogP contribution in [0.1, 0.15) is 41.8 Å². The Hall–Kier alpha value is -3.51. The SMILES string of the molecule is Cc1nc2c(C#N)cnn2c(C)c1CCC(=O)Nc1cc(F)ccc1OCC1CCCO1. The largest absolute Gasteiger partial charge is 0.489 e. The zero-order chi connectivity index (χ0) is 22.7. The lowest BCUT2D eigenvalue weighted by Gasteiger charge is -2.16. The van der Waals surface area contributed by atoms with Crippen molar-refractivity contribution >= 4 is 17.2 Å². The van der Waals surface area contributed by atoms with E-state index in [1.165, 1.54) is 24.4 Å². The number of benzene rings is 1. The summed E-state index contributed by atoms with van der Waals surface area (Å²) in [6.07, 6.45) is 4.01. The molecule has 0 radical (unpaired) electrons. The number of ether oxygens (including phenoxy) is 2. The zero-order valence-electron chi connectivity index (χ0n) is 18.0. The maximum absolute atomic E-state index is 13.8. The van der Waals surface area contributed by atoms with Gasteiger partial charge < -0.3 is 14.8 Å². The van der Waals surface area contributed by atoms with Crippen molar-refractivity contribution in [1.82, 2.24) is 14.6 Å². The Kier molecular flexibility index (Phi) is 6.32. The van der Waals surface area contributed by atoms with Crippen LogP contribution in [-0.2, 0) is 16.0 Å². The molecule has 1 saturated heterocycles. The lowest BCUT2D eigenvalue weighted by molar-refractivity contribution is -0.116. The summed E-state index contributed by atoms with van der Waals surface area (Å²) in [5.74, 6) is -0.320. The number of carbonyl (C=O) groups is 1. The fourth-order valence-corrected chi connectivity index (χ4v) is 3.89. The predicted octanol–water partition coefficient (Wildman–Crippen LogP) is 3.49. The summed E-state index contributed by atoms with van der Waals surface area (Å²) >= 11 is 0. The van der Waals surface area contributed by atoms with Crippen molar-refractivity contribution in [2.75, 3.05) is 18.5 Å². The molecule has 3 aromatic rings. The molecule has 1 aromatic carbocycles. The third-order valence-electron chi connectivity index (χ3n) is 5.60. The van der Waals surface area contributed by atoms with Gasteiger partial charge in [0.15, 0.2) is 5.65 Å². The van der Waals surface area contributed by atoms with Gasteiger partial charge in [-0.1, -0.05) is 0 Å². The minimum absolute atomic E-state index is 0.0146. The van der Waals surface area contributed by atoms with E-state index in [1.54, 1.807) is 4.52 Å². The average molecular weight is 437 g/mol. The highest BCUT2D eigenvalue weighted by atomic mass is 19.1. The number of hydrogen-bond donors (Lipinski definition) is 1. The molecule has 1 N–H and O–H groups in total. The number of nitrogens with one attached hydrogen (secondary N) is 1. The van der Waals surface area contributed by atoms with Gasteiger partial charge >= 0.3 is 0 Å². The van der Waals surface area contributed by atoms with Crippen LogP contribution in [-0.4, -0.2) is 39.8 Å². The molecule has 32 heavy (non-hydrogen) atoms. The van der Waals surface area contributed by atoms with Crippen LogP contribution in [0.3, 0.4) is 0 Å². The molecule has 3 heterocycles. The van der Waals surface area contributed by atoms with Gasteiger partial charge in [-0.3, -0.25) is 4.79 Å². The van der Waals surface area contributed by atoms with Crippen LogP contribution in [0, 0.1) is 31.0 Å². The first-order valence-electron chi connectivity index (χ1n) is 10.5. The van der Waals surface area contributed by atoms with E-state index in [-0.39, 0.29) is 18.4 Å². The summed E-state index contributed by atoms with van der Waals surface area (Å²) in [4.78, 5) is 17.1. The van der Waals surface area contributed by atoms with E-state index < -0.39 is 5.82 Å². The minimum Gasteiger partial charge on any atom is -0.489 e. The normalized spacial score (nSPS) is 15.6. The molecule has 4 rings (SSSR count). The summed E-state index contributed by atoms with van der Waals surface area (Å²) in [6.45, 7) is 4.80. The second kappa shape index (κ2) is 9.32. The Balaban J connectivity index is 1.44. The van der Waals surface area contributed by atoms with Gasteiger partial charge in [0.2, 0.25) is 5.91 Å². The van der Waals surface area contributed by atoms with E-state index in [0.29, 0.717) is 35.7 Å². The number of anilines is 1. The third-order valence-corrected chi connectivity index (χ3v) is 5.60. The van der Waals surface area contributed by atoms with E-state index in [4.69, 9.17) is 9.47 Å². The monoisotopic (exact) mass is 437 g/mol. The molecule has 8 nitrogen and oxygen atoms in total. The average Bonchev–Trinajstić information content (AvgIpc) is 3.42. The zero-order valence-corrected chi connectivity index (χ0v) is 18.0. The highest BCUT2D eigenvalue weighted by Crippen LogP contribution is 2.27. The van der Waals surface area contributed by atoms with Gasteiger partial charge in [-0.05, 0) is 50.8 Å². The molecule has 1 aliphatic heterocycles. The van der Waals surface area contributed by atoms with Crippen LogP contribution in [0.4, 0.5) is 10.1 Å². The molecule has 0 aliphatic carbocycles. The Bertz CT molecular complexity index is 1190. The van der Waals surface area contributed by atoms with Gasteiger partial charge in [-0.15, -0.1) is 0 Å². The summed E-state index contributed by atoms with van der Waals surface area (Å²) < 4.78 is 26.8. The maximum atomic E-state index is 13.8. The van der Waals surface area contributed by atoms with E-state index in [2.05, 4.69) is 21.5 Å². The molecule has 9 heteroatoms. The van der Waals surface area contributed by atoms with Crippen molar-refractivity contribution in [1.29, 1.82) is 5.26 Å². The number of fused-ring (bicyclic) bond motifs is 1. The molecule has 2 aromatic heterocycles. The third kappa shape index (κ3) is 4.55. The number of amides is 1. The van der Waals surface area contributed by atoms with Crippen LogP contribution in [0.15, 0.2) is 24.4 Å². The standard InChI is InChI=1S/C23H24FN5O3/c1-14-19(15(2)29-23(27-14)16(11-25)12-26-29)6-8-22(30)28-20-10-17(24)5-7-21(20)32-13-18-4-3-9-31-18/h5,7,10,12,18H,3-4,6,8-9,13H2,1-2H3,(H,28,30).